The molecule has 0 spiro atoms. The number of nitro benzene ring substituents is 1. The van der Waals surface area contributed by atoms with Crippen LogP contribution in [0, 0.1) is 10.1 Å². The Morgan fingerprint density at radius 1 is 1.10 bits per heavy atom. The number of hydrogen-bond donors (Lipinski definition) is 1. The first kappa shape index (κ1) is 20.1. The molecule has 9 heteroatoms. The molecule has 1 aliphatic carbocycles. The van der Waals surface area contributed by atoms with Crippen LogP contribution in [-0.4, -0.2) is 37.1 Å². The van der Waals surface area contributed by atoms with E-state index in [1.807, 2.05) is 12.1 Å². The summed E-state index contributed by atoms with van der Waals surface area (Å²) in [5.41, 5.74) is 2.42. The van der Waals surface area contributed by atoms with Crippen molar-refractivity contribution >= 4 is 23.3 Å². The zero-order valence-electron chi connectivity index (χ0n) is 15.8. The van der Waals surface area contributed by atoms with Crippen LogP contribution in [-0.2, 0) is 27.2 Å². The van der Waals surface area contributed by atoms with E-state index in [1.165, 1.54) is 30.4 Å². The maximum absolute atomic E-state index is 12.0. The summed E-state index contributed by atoms with van der Waals surface area (Å²) in [6.45, 7) is -0.885. The van der Waals surface area contributed by atoms with Crippen LogP contribution in [0.2, 0.25) is 0 Å². The molecule has 152 valence electrons. The van der Waals surface area contributed by atoms with Gasteiger partial charge in [-0.3, -0.25) is 14.9 Å². The van der Waals surface area contributed by atoms with Gasteiger partial charge in [-0.15, -0.1) is 0 Å². The Morgan fingerprint density at radius 3 is 2.66 bits per heavy atom. The molecule has 1 N–H and O–H groups in total. The number of methoxy groups -OCH3 is 1. The minimum absolute atomic E-state index is 0.108. The van der Waals surface area contributed by atoms with Crippen LogP contribution in [0.5, 0.6) is 11.5 Å². The van der Waals surface area contributed by atoms with Crippen molar-refractivity contribution in [2.75, 3.05) is 25.6 Å². The number of ether oxygens (including phenoxy) is 3. The summed E-state index contributed by atoms with van der Waals surface area (Å²) in [5.74, 6) is -0.537. The maximum atomic E-state index is 12.0. The van der Waals surface area contributed by atoms with Crippen molar-refractivity contribution in [3.63, 3.8) is 0 Å². The van der Waals surface area contributed by atoms with E-state index in [0.717, 1.165) is 25.3 Å². The van der Waals surface area contributed by atoms with Gasteiger partial charge < -0.3 is 19.5 Å². The summed E-state index contributed by atoms with van der Waals surface area (Å²) in [4.78, 5) is 34.1. The van der Waals surface area contributed by atoms with Crippen molar-refractivity contribution in [2.24, 2.45) is 0 Å². The molecule has 0 radical (unpaired) electrons. The molecule has 2 aromatic carbocycles. The van der Waals surface area contributed by atoms with E-state index < -0.39 is 23.4 Å². The zero-order chi connectivity index (χ0) is 20.8. The Balaban J connectivity index is 1.48. The normalized spacial score (nSPS) is 12.0. The lowest BCUT2D eigenvalue weighted by molar-refractivity contribution is -0.384. The molecule has 0 saturated carbocycles. The number of amides is 1. The number of esters is 1. The summed E-state index contributed by atoms with van der Waals surface area (Å²) in [5, 5.41) is 13.3. The minimum atomic E-state index is -0.702. The van der Waals surface area contributed by atoms with E-state index >= 15 is 0 Å². The number of nitrogens with one attached hydrogen (secondary N) is 1. The molecule has 0 bridgehead atoms. The number of nitrogens with zero attached hydrogens (tertiary/aromatic N) is 1. The number of nitro groups is 1. The van der Waals surface area contributed by atoms with E-state index in [1.54, 1.807) is 6.07 Å². The van der Waals surface area contributed by atoms with Gasteiger partial charge in [-0.1, -0.05) is 6.07 Å². The van der Waals surface area contributed by atoms with Crippen molar-refractivity contribution < 1.29 is 28.7 Å². The highest BCUT2D eigenvalue weighted by molar-refractivity contribution is 5.94. The summed E-state index contributed by atoms with van der Waals surface area (Å²) in [6, 6.07) is 9.49. The molecule has 0 atom stereocenters. The second-order valence-electron chi connectivity index (χ2n) is 6.42. The van der Waals surface area contributed by atoms with Gasteiger partial charge in [0.05, 0.1) is 17.7 Å². The molecule has 0 aliphatic heterocycles. The largest absolute Gasteiger partial charge is 0.495 e. The monoisotopic (exact) mass is 400 g/mol. The standard InChI is InChI=1S/C20H20N2O7/c1-27-18-8-6-15(22(25)26)10-17(18)21-19(23)11-29-20(24)12-28-16-7-5-13-3-2-4-14(13)9-16/h5-10H,2-4,11-12H2,1H3,(H,21,23). The molecule has 0 heterocycles. The Hall–Kier alpha value is -3.62. The second kappa shape index (κ2) is 9.05. The number of rotatable bonds is 8. The minimum Gasteiger partial charge on any atom is -0.495 e. The number of benzene rings is 2. The van der Waals surface area contributed by atoms with Gasteiger partial charge in [0.2, 0.25) is 0 Å². The number of fused-ring (bicyclic) bond motifs is 1. The molecule has 3 rings (SSSR count). The summed E-state index contributed by atoms with van der Waals surface area (Å²) in [6.07, 6.45) is 3.17. The van der Waals surface area contributed by atoms with Crippen LogP contribution in [0.1, 0.15) is 17.5 Å². The van der Waals surface area contributed by atoms with Crippen LogP contribution in [0.15, 0.2) is 36.4 Å². The summed E-state index contributed by atoms with van der Waals surface area (Å²) < 4.78 is 15.4. The Bertz CT molecular complexity index is 942. The average molecular weight is 400 g/mol. The van der Waals surface area contributed by atoms with Crippen LogP contribution in [0.25, 0.3) is 0 Å². The van der Waals surface area contributed by atoms with E-state index in [9.17, 15) is 19.7 Å². The predicted molar refractivity (Wildman–Crippen MR) is 103 cm³/mol. The van der Waals surface area contributed by atoms with Crippen molar-refractivity contribution in [3.8, 4) is 11.5 Å². The van der Waals surface area contributed by atoms with E-state index in [2.05, 4.69) is 5.32 Å². The fourth-order valence-corrected chi connectivity index (χ4v) is 3.06. The number of carbonyl (C=O) groups excluding carboxylic acids is 2. The molecule has 0 saturated heterocycles. The molecule has 1 aliphatic rings. The van der Waals surface area contributed by atoms with Crippen LogP contribution in [0.3, 0.4) is 0 Å². The molecule has 29 heavy (non-hydrogen) atoms. The highest BCUT2D eigenvalue weighted by Crippen LogP contribution is 2.29. The summed E-state index contributed by atoms with van der Waals surface area (Å²) in [7, 11) is 1.37. The van der Waals surface area contributed by atoms with Crippen LogP contribution < -0.4 is 14.8 Å². The highest BCUT2D eigenvalue weighted by Gasteiger charge is 2.16. The van der Waals surface area contributed by atoms with Gasteiger partial charge in [-0.25, -0.2) is 4.79 Å². The molecular weight excluding hydrogens is 380 g/mol. The smallest absolute Gasteiger partial charge is 0.344 e. The lowest BCUT2D eigenvalue weighted by atomic mass is 10.1. The SMILES string of the molecule is COc1ccc([N+](=O)[O-])cc1NC(=O)COC(=O)COc1ccc2c(c1)CCC2. The lowest BCUT2D eigenvalue weighted by Gasteiger charge is -2.11. The van der Waals surface area contributed by atoms with Crippen molar-refractivity contribution in [2.45, 2.75) is 19.3 Å². The summed E-state index contributed by atoms with van der Waals surface area (Å²) >= 11 is 0. The Morgan fingerprint density at radius 2 is 1.90 bits per heavy atom. The quantitative estimate of drug-likeness (QED) is 0.411. The van der Waals surface area contributed by atoms with Gasteiger partial charge in [-0.2, -0.15) is 0 Å². The number of hydrogen-bond acceptors (Lipinski definition) is 7. The topological polar surface area (TPSA) is 117 Å². The van der Waals surface area contributed by atoms with Gasteiger partial charge in [0.1, 0.15) is 11.5 Å². The van der Waals surface area contributed by atoms with E-state index in [0.29, 0.717) is 5.75 Å². The van der Waals surface area contributed by atoms with Gasteiger partial charge in [-0.05, 0) is 48.6 Å². The molecule has 0 unspecified atom stereocenters. The molecule has 0 aromatic heterocycles. The number of non-ortho nitro benzene ring substituents is 1. The van der Waals surface area contributed by atoms with Crippen LogP contribution >= 0.6 is 0 Å². The fourth-order valence-electron chi connectivity index (χ4n) is 3.06. The van der Waals surface area contributed by atoms with Gasteiger partial charge in [0, 0.05) is 12.1 Å². The lowest BCUT2D eigenvalue weighted by Crippen LogP contribution is -2.24. The first-order valence-electron chi connectivity index (χ1n) is 8.99. The second-order valence-corrected chi connectivity index (χ2v) is 6.42. The third-order valence-electron chi connectivity index (χ3n) is 4.46. The number of anilines is 1. The molecular formula is C20H20N2O7. The highest BCUT2D eigenvalue weighted by atomic mass is 16.6. The van der Waals surface area contributed by atoms with Crippen molar-refractivity contribution in [1.82, 2.24) is 0 Å². The number of aryl methyl sites for hydroxylation is 2. The van der Waals surface area contributed by atoms with Gasteiger partial charge in [0.15, 0.2) is 13.2 Å². The Labute approximate surface area is 166 Å². The first-order valence-corrected chi connectivity index (χ1v) is 8.99. The molecule has 9 nitrogen and oxygen atoms in total. The zero-order valence-corrected chi connectivity index (χ0v) is 15.8. The van der Waals surface area contributed by atoms with Gasteiger partial charge >= 0.3 is 5.97 Å². The number of carbonyl (C=O) groups is 2. The van der Waals surface area contributed by atoms with Crippen LogP contribution in [0.4, 0.5) is 11.4 Å². The third kappa shape index (κ3) is 5.22. The predicted octanol–water partition coefficient (Wildman–Crippen LogP) is 2.65. The van der Waals surface area contributed by atoms with Crippen molar-refractivity contribution in [3.05, 3.63) is 57.6 Å². The van der Waals surface area contributed by atoms with E-state index in [4.69, 9.17) is 14.2 Å². The maximum Gasteiger partial charge on any atom is 0.344 e. The fraction of sp³-hybridized carbons (Fsp3) is 0.300. The first-order chi connectivity index (χ1) is 14.0. The van der Waals surface area contributed by atoms with E-state index in [-0.39, 0.29) is 23.7 Å². The average Bonchev–Trinajstić information content (AvgIpc) is 3.18. The Kier molecular flexibility index (Phi) is 6.28. The van der Waals surface area contributed by atoms with Crippen molar-refractivity contribution in [1.29, 1.82) is 0 Å². The molecule has 0 fully saturated rings. The molecule has 1 amide bonds. The molecule has 2 aromatic rings. The van der Waals surface area contributed by atoms with Gasteiger partial charge in [0.25, 0.3) is 11.6 Å². The third-order valence-corrected chi connectivity index (χ3v) is 4.46.